The Balaban J connectivity index is 1.55. The van der Waals surface area contributed by atoms with E-state index in [2.05, 4.69) is 32.6 Å². The molecule has 0 aliphatic carbocycles. The van der Waals surface area contributed by atoms with Crippen LogP contribution in [0.4, 0.5) is 11.6 Å². The Morgan fingerprint density at radius 2 is 1.95 bits per heavy atom. The Kier molecular flexibility index (Phi) is 10.1. The van der Waals surface area contributed by atoms with Gasteiger partial charge in [0, 0.05) is 53.5 Å². The van der Waals surface area contributed by atoms with E-state index in [1.165, 1.54) is 20.3 Å². The van der Waals surface area contributed by atoms with Crippen molar-refractivity contribution >= 4 is 51.5 Å². The number of pyridine rings is 2. The van der Waals surface area contributed by atoms with Crippen LogP contribution in [0.2, 0.25) is 10.0 Å². The number of halogens is 2. The normalized spacial score (nSPS) is 16.4. The molecule has 5 rings (SSSR count). The number of anilines is 2. The molecule has 0 spiro atoms. The predicted molar refractivity (Wildman–Crippen MR) is 170 cm³/mol. The molecule has 1 aliphatic heterocycles. The van der Waals surface area contributed by atoms with Gasteiger partial charge in [-0.15, -0.1) is 0 Å². The van der Waals surface area contributed by atoms with Crippen LogP contribution in [0.5, 0.6) is 11.5 Å². The fraction of sp³-hybridized carbons (Fsp3) is 0.333. The Morgan fingerprint density at radius 1 is 1.18 bits per heavy atom. The van der Waals surface area contributed by atoms with Crippen molar-refractivity contribution in [2.24, 2.45) is 0 Å². The molecule has 0 radical (unpaired) electrons. The summed E-state index contributed by atoms with van der Waals surface area (Å²) in [6, 6.07) is 4.99. The number of rotatable bonds is 12. The van der Waals surface area contributed by atoms with E-state index in [0.29, 0.717) is 67.1 Å². The van der Waals surface area contributed by atoms with Gasteiger partial charge in [0.2, 0.25) is 5.91 Å². The lowest BCUT2D eigenvalue weighted by Crippen LogP contribution is -2.52. The Morgan fingerprint density at radius 3 is 2.66 bits per heavy atom. The summed E-state index contributed by atoms with van der Waals surface area (Å²) in [6.07, 6.45) is 7.22. The minimum atomic E-state index is -0.243. The van der Waals surface area contributed by atoms with Crippen molar-refractivity contribution in [1.29, 1.82) is 0 Å². The molecule has 3 aromatic heterocycles. The molecule has 1 fully saturated rings. The van der Waals surface area contributed by atoms with Crippen molar-refractivity contribution in [2.45, 2.75) is 31.6 Å². The molecule has 4 heterocycles. The fourth-order valence-electron chi connectivity index (χ4n) is 4.99. The Bertz CT molecular complexity index is 1640. The summed E-state index contributed by atoms with van der Waals surface area (Å²) < 4.78 is 18.3. The van der Waals surface area contributed by atoms with Crippen molar-refractivity contribution in [3.63, 3.8) is 0 Å². The molecule has 2 atom stereocenters. The van der Waals surface area contributed by atoms with Crippen LogP contribution in [-0.4, -0.2) is 76.9 Å². The predicted octanol–water partition coefficient (Wildman–Crippen LogP) is 4.29. The maximum atomic E-state index is 12.0. The lowest BCUT2D eigenvalue weighted by atomic mass is 10.0. The maximum Gasteiger partial charge on any atom is 0.243 e. The number of aromatic nitrogens is 4. The first-order valence-corrected chi connectivity index (χ1v) is 14.6. The average Bonchev–Trinajstić information content (AvgIpc) is 3.48. The van der Waals surface area contributed by atoms with Gasteiger partial charge >= 0.3 is 0 Å². The number of nitrogens with one attached hydrogen (secondary N) is 3. The number of carbonyl (C=O) groups is 1. The molecule has 1 aliphatic rings. The number of nitrogens with zero attached hydrogens (tertiary/aromatic N) is 4. The summed E-state index contributed by atoms with van der Waals surface area (Å²) in [5, 5.41) is 25.5. The number of aliphatic hydroxyl groups is 1. The molecular formula is C30H33Cl2N7O5. The third kappa shape index (κ3) is 6.83. The molecule has 14 heteroatoms. The van der Waals surface area contributed by atoms with Crippen LogP contribution in [0.1, 0.15) is 12.0 Å². The highest BCUT2D eigenvalue weighted by molar-refractivity contribution is 6.41. The quantitative estimate of drug-likeness (QED) is 0.165. The van der Waals surface area contributed by atoms with Crippen molar-refractivity contribution in [1.82, 2.24) is 25.1 Å². The van der Waals surface area contributed by atoms with Crippen molar-refractivity contribution in [3.8, 4) is 22.8 Å². The van der Waals surface area contributed by atoms with Gasteiger partial charge < -0.3 is 35.3 Å². The highest BCUT2D eigenvalue weighted by atomic mass is 35.5. The number of benzene rings is 1. The zero-order valence-corrected chi connectivity index (χ0v) is 25.8. The van der Waals surface area contributed by atoms with E-state index in [9.17, 15) is 9.90 Å². The lowest BCUT2D eigenvalue weighted by Gasteiger charge is -2.32. The van der Waals surface area contributed by atoms with Crippen LogP contribution in [0.25, 0.3) is 22.0 Å². The van der Waals surface area contributed by atoms with Gasteiger partial charge in [0.15, 0.2) is 0 Å². The van der Waals surface area contributed by atoms with E-state index in [4.69, 9.17) is 42.4 Å². The third-order valence-corrected chi connectivity index (χ3v) is 7.97. The van der Waals surface area contributed by atoms with Crippen LogP contribution in [0.15, 0.2) is 49.4 Å². The number of amides is 1. The Hall–Kier alpha value is -4.10. The molecule has 0 bridgehead atoms. The van der Waals surface area contributed by atoms with Crippen LogP contribution in [0, 0.1) is 0 Å². The van der Waals surface area contributed by atoms with Gasteiger partial charge in [-0.25, -0.2) is 9.97 Å². The minimum Gasteiger partial charge on any atom is -0.495 e. The number of fused-ring (bicyclic) bond motifs is 1. The van der Waals surface area contributed by atoms with Crippen molar-refractivity contribution < 1.29 is 24.1 Å². The highest BCUT2D eigenvalue weighted by Gasteiger charge is 2.27. The van der Waals surface area contributed by atoms with Gasteiger partial charge in [-0.2, -0.15) is 5.10 Å². The summed E-state index contributed by atoms with van der Waals surface area (Å²) >= 11 is 13.5. The van der Waals surface area contributed by atoms with E-state index >= 15 is 0 Å². The molecule has 1 saturated heterocycles. The zero-order chi connectivity index (χ0) is 31.2. The van der Waals surface area contributed by atoms with Gasteiger partial charge in [-0.3, -0.25) is 9.48 Å². The van der Waals surface area contributed by atoms with E-state index < -0.39 is 0 Å². The number of hydrogen-bond donors (Lipinski definition) is 4. The van der Waals surface area contributed by atoms with E-state index in [0.717, 1.165) is 16.3 Å². The number of carbonyl (C=O) groups excluding carboxylic acids is 1. The average molecular weight is 643 g/mol. The lowest BCUT2D eigenvalue weighted by molar-refractivity contribution is -0.117. The first-order valence-electron chi connectivity index (χ1n) is 13.9. The molecular weight excluding hydrogens is 609 g/mol. The molecule has 44 heavy (non-hydrogen) atoms. The topological polar surface area (TPSA) is 145 Å². The zero-order valence-electron chi connectivity index (χ0n) is 24.3. The molecule has 0 saturated carbocycles. The first-order chi connectivity index (χ1) is 21.3. The van der Waals surface area contributed by atoms with Gasteiger partial charge in [-0.1, -0.05) is 29.8 Å². The van der Waals surface area contributed by atoms with Crippen molar-refractivity contribution in [3.05, 3.63) is 65.1 Å². The number of ether oxygens (including phenoxy) is 3. The smallest absolute Gasteiger partial charge is 0.243 e. The van der Waals surface area contributed by atoms with Crippen LogP contribution >= 0.6 is 23.2 Å². The second-order valence-electron chi connectivity index (χ2n) is 10.1. The van der Waals surface area contributed by atoms with Crippen molar-refractivity contribution in [2.75, 3.05) is 44.7 Å². The first kappa shape index (κ1) is 31.3. The summed E-state index contributed by atoms with van der Waals surface area (Å²) in [5.74, 6) is 1.66. The number of aliphatic hydroxyl groups excluding tert-OH is 1. The summed E-state index contributed by atoms with van der Waals surface area (Å²) in [7, 11) is 3.03. The van der Waals surface area contributed by atoms with Crippen LogP contribution < -0.4 is 25.4 Å². The summed E-state index contributed by atoms with van der Waals surface area (Å²) in [4.78, 5) is 21.6. The van der Waals surface area contributed by atoms with Crippen LogP contribution in [-0.2, 0) is 22.6 Å². The maximum absolute atomic E-state index is 12.0. The van der Waals surface area contributed by atoms with Gasteiger partial charge in [0.1, 0.15) is 23.1 Å². The highest BCUT2D eigenvalue weighted by Crippen LogP contribution is 2.46. The number of hydrogen-bond acceptors (Lipinski definition) is 10. The molecule has 4 aromatic rings. The fourth-order valence-corrected chi connectivity index (χ4v) is 5.69. The van der Waals surface area contributed by atoms with Gasteiger partial charge in [0.05, 0.1) is 68.0 Å². The summed E-state index contributed by atoms with van der Waals surface area (Å²) in [6.45, 7) is 5.27. The minimum absolute atomic E-state index is 0.0127. The number of methoxy groups -OCH3 is 2. The van der Waals surface area contributed by atoms with Gasteiger partial charge in [-0.05, 0) is 24.6 Å². The van der Waals surface area contributed by atoms with Gasteiger partial charge in [0.25, 0.3) is 0 Å². The SMILES string of the molecule is C=CC(=O)N[C@H]1CCOC[C@H]1Nc1cc2c(NCc3cnn(CCO)c3)nc(-c3c(Cl)c(OC)cc(OC)c3Cl)cc2cn1. The molecule has 0 unspecified atom stereocenters. The standard InChI is InChI=1S/C30H33Cl2N7O5/c1-4-26(41)37-20-5-8-44-16-22(20)36-25-10-19-18(14-33-25)9-21(27-28(31)23(42-2)11-24(43-3)29(27)32)38-30(19)34-12-17-13-35-39(15-17)6-7-40/h4,9-11,13-15,20,22,40H,1,5-8,12,16H2,2-3H3,(H,33,36)(H,34,38)(H,37,41)/t20-,22+/m0/s1. The largest absolute Gasteiger partial charge is 0.495 e. The Labute approximate surface area is 264 Å². The second-order valence-corrected chi connectivity index (χ2v) is 10.8. The monoisotopic (exact) mass is 641 g/mol. The molecule has 4 N–H and O–H groups in total. The summed E-state index contributed by atoms with van der Waals surface area (Å²) in [5.41, 5.74) is 1.83. The van der Waals surface area contributed by atoms with Crippen LogP contribution in [0.3, 0.4) is 0 Å². The molecule has 232 valence electrons. The second kappa shape index (κ2) is 14.1. The van der Waals surface area contributed by atoms with E-state index in [1.54, 1.807) is 23.1 Å². The molecule has 1 aromatic carbocycles. The molecule has 1 amide bonds. The van der Waals surface area contributed by atoms with E-state index in [-0.39, 0.29) is 34.6 Å². The van der Waals surface area contributed by atoms with E-state index in [1.807, 2.05) is 18.3 Å². The molecule has 12 nitrogen and oxygen atoms in total. The third-order valence-electron chi connectivity index (χ3n) is 7.22.